The van der Waals surface area contributed by atoms with Gasteiger partial charge < -0.3 is 14.4 Å². The van der Waals surface area contributed by atoms with Gasteiger partial charge in [0.1, 0.15) is 12.3 Å². The first-order valence-electron chi connectivity index (χ1n) is 9.61. The van der Waals surface area contributed by atoms with Gasteiger partial charge >= 0.3 is 0 Å². The van der Waals surface area contributed by atoms with Crippen molar-refractivity contribution in [2.75, 3.05) is 40.0 Å². The van der Waals surface area contributed by atoms with E-state index >= 15 is 0 Å². The van der Waals surface area contributed by atoms with E-state index in [4.69, 9.17) is 9.47 Å². The van der Waals surface area contributed by atoms with Crippen LogP contribution >= 0.6 is 11.8 Å². The molecule has 0 N–H and O–H groups in total. The summed E-state index contributed by atoms with van der Waals surface area (Å²) in [6, 6.07) is 3.93. The molecule has 8 heteroatoms. The maximum Gasteiger partial charge on any atom is 0.294 e. The van der Waals surface area contributed by atoms with Crippen molar-refractivity contribution in [3.8, 4) is 5.75 Å². The molecule has 0 radical (unpaired) electrons. The highest BCUT2D eigenvalue weighted by atomic mass is 32.2. The van der Waals surface area contributed by atoms with Crippen LogP contribution in [-0.2, 0) is 14.3 Å². The van der Waals surface area contributed by atoms with Gasteiger partial charge in [-0.3, -0.25) is 19.3 Å². The van der Waals surface area contributed by atoms with Crippen LogP contribution in [0.1, 0.15) is 36.5 Å². The summed E-state index contributed by atoms with van der Waals surface area (Å²) >= 11 is 0.870. The summed E-state index contributed by atoms with van der Waals surface area (Å²) in [5.74, 6) is 0.389. The van der Waals surface area contributed by atoms with Gasteiger partial charge in [-0.15, -0.1) is 0 Å². The smallest absolute Gasteiger partial charge is 0.294 e. The molecule has 2 saturated heterocycles. The first-order valence-corrected chi connectivity index (χ1v) is 10.4. The molecule has 2 fully saturated rings. The number of amides is 3. The van der Waals surface area contributed by atoms with E-state index in [0.29, 0.717) is 31.2 Å². The number of hydrogen-bond donors (Lipinski definition) is 0. The zero-order chi connectivity index (χ0) is 21.1. The quantitative estimate of drug-likeness (QED) is 0.684. The Hall–Kier alpha value is -2.32. The molecule has 2 heterocycles. The number of nitrogens with zero attached hydrogens (tertiary/aromatic N) is 2. The molecule has 156 valence electrons. The Balaban J connectivity index is 1.81. The van der Waals surface area contributed by atoms with Crippen LogP contribution in [-0.4, -0.2) is 66.8 Å². The zero-order valence-corrected chi connectivity index (χ0v) is 18.0. The van der Waals surface area contributed by atoms with Crippen molar-refractivity contribution < 1.29 is 23.9 Å². The lowest BCUT2D eigenvalue weighted by Crippen LogP contribution is -2.46. The van der Waals surface area contributed by atoms with Crippen LogP contribution in [0.25, 0.3) is 6.08 Å². The maximum absolute atomic E-state index is 12.8. The van der Waals surface area contributed by atoms with Crippen LogP contribution in [0.15, 0.2) is 17.0 Å². The highest BCUT2D eigenvalue weighted by Gasteiger charge is 2.37. The van der Waals surface area contributed by atoms with Crippen LogP contribution in [0.4, 0.5) is 4.79 Å². The van der Waals surface area contributed by atoms with Crippen molar-refractivity contribution in [3.05, 3.63) is 33.7 Å². The van der Waals surface area contributed by atoms with Crippen LogP contribution < -0.4 is 4.74 Å². The molecular weight excluding hydrogens is 392 g/mol. The molecule has 3 amide bonds. The summed E-state index contributed by atoms with van der Waals surface area (Å²) in [6.07, 6.45) is 1.73. The number of aryl methyl sites for hydroxylation is 1. The number of rotatable bonds is 5. The number of carbonyl (C=O) groups is 3. The third-order valence-corrected chi connectivity index (χ3v) is 5.97. The van der Waals surface area contributed by atoms with Crippen molar-refractivity contribution in [1.82, 2.24) is 9.80 Å². The third-order valence-electron chi connectivity index (χ3n) is 5.06. The molecule has 0 atom stereocenters. The Morgan fingerprint density at radius 1 is 1.28 bits per heavy atom. The van der Waals surface area contributed by atoms with Gasteiger partial charge in [0.15, 0.2) is 0 Å². The largest absolute Gasteiger partial charge is 0.496 e. The molecular formula is C21H26N2O5S. The normalized spacial score (nSPS) is 18.9. The minimum Gasteiger partial charge on any atom is -0.496 e. The van der Waals surface area contributed by atoms with Gasteiger partial charge in [0, 0.05) is 13.1 Å². The Kier molecular flexibility index (Phi) is 6.64. The fraction of sp³-hybridized carbons (Fsp3) is 0.476. The summed E-state index contributed by atoms with van der Waals surface area (Å²) in [6.45, 7) is 7.75. The highest BCUT2D eigenvalue weighted by Crippen LogP contribution is 2.35. The topological polar surface area (TPSA) is 76.2 Å². The fourth-order valence-electron chi connectivity index (χ4n) is 3.32. The summed E-state index contributed by atoms with van der Waals surface area (Å²) in [5.41, 5.74) is 2.84. The van der Waals surface area contributed by atoms with E-state index in [1.807, 2.05) is 19.1 Å². The summed E-state index contributed by atoms with van der Waals surface area (Å²) < 4.78 is 10.7. The second-order valence-corrected chi connectivity index (χ2v) is 8.36. The zero-order valence-electron chi connectivity index (χ0n) is 17.2. The first-order chi connectivity index (χ1) is 13.8. The lowest BCUT2D eigenvalue weighted by atomic mass is 9.96. The summed E-state index contributed by atoms with van der Waals surface area (Å²) in [5, 5.41) is -0.418. The number of morpholine rings is 1. The van der Waals surface area contributed by atoms with Crippen molar-refractivity contribution in [3.63, 3.8) is 0 Å². The van der Waals surface area contributed by atoms with E-state index in [9.17, 15) is 14.4 Å². The van der Waals surface area contributed by atoms with Crippen molar-refractivity contribution in [2.24, 2.45) is 0 Å². The van der Waals surface area contributed by atoms with Crippen LogP contribution in [0.3, 0.4) is 0 Å². The van der Waals surface area contributed by atoms with Crippen molar-refractivity contribution in [2.45, 2.75) is 26.7 Å². The number of imide groups is 1. The highest BCUT2D eigenvalue weighted by molar-refractivity contribution is 8.18. The van der Waals surface area contributed by atoms with Gasteiger partial charge in [0.2, 0.25) is 5.91 Å². The second kappa shape index (κ2) is 9.00. The summed E-state index contributed by atoms with van der Waals surface area (Å²) in [4.78, 5) is 40.6. The van der Waals surface area contributed by atoms with Gasteiger partial charge in [-0.05, 0) is 59.5 Å². The Bertz CT molecular complexity index is 859. The predicted molar refractivity (Wildman–Crippen MR) is 112 cm³/mol. The Morgan fingerprint density at radius 2 is 1.97 bits per heavy atom. The van der Waals surface area contributed by atoms with E-state index in [1.54, 1.807) is 18.1 Å². The molecule has 7 nitrogen and oxygen atoms in total. The van der Waals surface area contributed by atoms with Gasteiger partial charge in [0.05, 0.1) is 25.2 Å². The van der Waals surface area contributed by atoms with E-state index in [-0.39, 0.29) is 18.4 Å². The van der Waals surface area contributed by atoms with Gasteiger partial charge in [-0.2, -0.15) is 0 Å². The molecule has 0 bridgehead atoms. The molecule has 29 heavy (non-hydrogen) atoms. The average molecular weight is 419 g/mol. The predicted octanol–water partition coefficient (Wildman–Crippen LogP) is 3.02. The molecule has 1 aromatic carbocycles. The lowest BCUT2D eigenvalue weighted by Gasteiger charge is -2.28. The molecule has 0 saturated carbocycles. The molecule has 1 aromatic rings. The molecule has 0 unspecified atom stereocenters. The van der Waals surface area contributed by atoms with Crippen LogP contribution in [0, 0.1) is 6.92 Å². The van der Waals surface area contributed by atoms with Crippen molar-refractivity contribution >= 4 is 34.9 Å². The number of carbonyl (C=O) groups excluding carboxylic acids is 3. The second-order valence-electron chi connectivity index (χ2n) is 7.37. The molecule has 0 aliphatic carbocycles. The van der Waals surface area contributed by atoms with Gasteiger partial charge in [-0.25, -0.2) is 0 Å². The lowest BCUT2D eigenvalue weighted by molar-refractivity contribution is -0.139. The monoisotopic (exact) mass is 418 g/mol. The van der Waals surface area contributed by atoms with Crippen molar-refractivity contribution in [1.29, 1.82) is 0 Å². The average Bonchev–Trinajstić information content (AvgIpc) is 2.96. The molecule has 2 aliphatic rings. The number of ether oxygens (including phenoxy) is 2. The van der Waals surface area contributed by atoms with Gasteiger partial charge in [-0.1, -0.05) is 13.8 Å². The Labute approximate surface area is 175 Å². The number of benzene rings is 1. The van der Waals surface area contributed by atoms with E-state index < -0.39 is 11.1 Å². The molecule has 0 aromatic heterocycles. The standard InChI is InChI=1S/C21H26N2O5S/c1-13(2)16-10-15(14(3)9-17(16)27-4)11-18-20(25)23(21(26)29-18)12-19(24)22-5-7-28-8-6-22/h9-11,13H,5-8,12H2,1-4H3/b18-11+. The maximum atomic E-state index is 12.8. The first kappa shape index (κ1) is 21.4. The van der Waals surface area contributed by atoms with Gasteiger partial charge in [0.25, 0.3) is 11.1 Å². The fourth-order valence-corrected chi connectivity index (χ4v) is 4.15. The van der Waals surface area contributed by atoms with E-state index in [1.165, 1.54) is 0 Å². The summed E-state index contributed by atoms with van der Waals surface area (Å²) in [7, 11) is 1.64. The minimum atomic E-state index is -0.428. The number of methoxy groups -OCH3 is 1. The Morgan fingerprint density at radius 3 is 2.59 bits per heavy atom. The van der Waals surface area contributed by atoms with Crippen LogP contribution in [0.5, 0.6) is 5.75 Å². The minimum absolute atomic E-state index is 0.235. The van der Waals surface area contributed by atoms with E-state index in [2.05, 4.69) is 13.8 Å². The molecule has 3 rings (SSSR count). The number of hydrogen-bond acceptors (Lipinski definition) is 6. The molecule has 2 aliphatic heterocycles. The third kappa shape index (κ3) is 4.64. The SMILES string of the molecule is COc1cc(C)c(/C=C2/SC(=O)N(CC(=O)N3CCOCC3)C2=O)cc1C(C)C. The number of thioether (sulfide) groups is 1. The van der Waals surface area contributed by atoms with Crippen LogP contribution in [0.2, 0.25) is 0 Å². The molecule has 0 spiro atoms. The van der Waals surface area contributed by atoms with E-state index in [0.717, 1.165) is 39.1 Å².